The first-order valence-electron chi connectivity index (χ1n) is 7.93. The van der Waals surface area contributed by atoms with Gasteiger partial charge in [0.1, 0.15) is 11.5 Å². The summed E-state index contributed by atoms with van der Waals surface area (Å²) < 4.78 is 12.5. The fraction of sp³-hybridized carbons (Fsp3) is 0.278. The van der Waals surface area contributed by atoms with E-state index in [4.69, 9.17) is 9.47 Å². The lowest BCUT2D eigenvalue weighted by Gasteiger charge is -2.18. The number of rotatable bonds is 7. The largest absolute Gasteiger partial charge is 0.497 e. The first-order chi connectivity index (χ1) is 12.2. The number of nitrogens with zero attached hydrogens (tertiary/aromatic N) is 5. The summed E-state index contributed by atoms with van der Waals surface area (Å²) in [6.07, 6.45) is 0. The molecule has 0 fully saturated rings. The highest BCUT2D eigenvalue weighted by Gasteiger charge is 2.13. The molecule has 7 nitrogen and oxygen atoms in total. The van der Waals surface area contributed by atoms with Gasteiger partial charge in [-0.1, -0.05) is 24.3 Å². The van der Waals surface area contributed by atoms with E-state index in [-0.39, 0.29) is 0 Å². The molecule has 0 aliphatic heterocycles. The highest BCUT2D eigenvalue weighted by Crippen LogP contribution is 2.25. The van der Waals surface area contributed by atoms with Crippen molar-refractivity contribution in [2.24, 2.45) is 0 Å². The molecule has 7 heteroatoms. The molecule has 0 aliphatic carbocycles. The molecule has 130 valence electrons. The number of ether oxygens (including phenoxy) is 2. The van der Waals surface area contributed by atoms with E-state index in [1.165, 1.54) is 0 Å². The van der Waals surface area contributed by atoms with Gasteiger partial charge in [0, 0.05) is 18.2 Å². The number of benzene rings is 2. The predicted molar refractivity (Wildman–Crippen MR) is 93.9 cm³/mol. The number of methoxy groups -OCH3 is 2. The third-order valence-electron chi connectivity index (χ3n) is 3.88. The highest BCUT2D eigenvalue weighted by molar-refractivity contribution is 5.40. The molecular weight excluding hydrogens is 318 g/mol. The molecule has 1 heterocycles. The Hall–Kier alpha value is -2.93. The molecule has 0 radical (unpaired) electrons. The maximum absolute atomic E-state index is 5.46. The summed E-state index contributed by atoms with van der Waals surface area (Å²) in [6.45, 7) is 1.31. The molecule has 3 rings (SSSR count). The average Bonchev–Trinajstić information content (AvgIpc) is 3.10. The second-order valence-electron chi connectivity index (χ2n) is 5.69. The van der Waals surface area contributed by atoms with Crippen LogP contribution < -0.4 is 9.47 Å². The maximum Gasteiger partial charge on any atom is 0.170 e. The number of aromatic nitrogens is 4. The Labute approximate surface area is 146 Å². The Balaban J connectivity index is 1.74. The van der Waals surface area contributed by atoms with Crippen LogP contribution >= 0.6 is 0 Å². The summed E-state index contributed by atoms with van der Waals surface area (Å²) in [6, 6.07) is 15.7. The monoisotopic (exact) mass is 339 g/mol. The van der Waals surface area contributed by atoms with Gasteiger partial charge in [-0.15, -0.1) is 5.10 Å². The van der Waals surface area contributed by atoms with Crippen LogP contribution in [0.2, 0.25) is 0 Å². The van der Waals surface area contributed by atoms with E-state index in [1.807, 2.05) is 55.6 Å². The summed E-state index contributed by atoms with van der Waals surface area (Å²) >= 11 is 0. The average molecular weight is 339 g/mol. The van der Waals surface area contributed by atoms with Gasteiger partial charge >= 0.3 is 0 Å². The van der Waals surface area contributed by atoms with Gasteiger partial charge in [0.15, 0.2) is 5.82 Å². The molecule has 25 heavy (non-hydrogen) atoms. The van der Waals surface area contributed by atoms with E-state index in [0.717, 1.165) is 28.6 Å². The minimum Gasteiger partial charge on any atom is -0.497 e. The van der Waals surface area contributed by atoms with Crippen molar-refractivity contribution in [3.05, 3.63) is 59.9 Å². The minimum atomic E-state index is 0.608. The van der Waals surface area contributed by atoms with E-state index >= 15 is 0 Å². The second-order valence-corrected chi connectivity index (χ2v) is 5.69. The molecule has 2 aromatic carbocycles. The molecule has 0 saturated carbocycles. The van der Waals surface area contributed by atoms with Gasteiger partial charge in [-0.2, -0.15) is 4.68 Å². The molecule has 3 aromatic rings. The Morgan fingerprint density at radius 2 is 1.80 bits per heavy atom. The van der Waals surface area contributed by atoms with Gasteiger partial charge in [-0.05, 0) is 35.7 Å². The molecule has 0 saturated heterocycles. The van der Waals surface area contributed by atoms with Crippen molar-refractivity contribution in [2.45, 2.75) is 13.1 Å². The van der Waals surface area contributed by atoms with Crippen LogP contribution in [-0.2, 0) is 13.1 Å². The van der Waals surface area contributed by atoms with Crippen LogP contribution in [0.5, 0.6) is 11.5 Å². The predicted octanol–water partition coefficient (Wildman–Crippen LogP) is 2.31. The van der Waals surface area contributed by atoms with E-state index in [0.29, 0.717) is 13.1 Å². The van der Waals surface area contributed by atoms with Crippen molar-refractivity contribution >= 4 is 0 Å². The lowest BCUT2D eigenvalue weighted by Crippen LogP contribution is -2.20. The Bertz CT molecular complexity index is 819. The fourth-order valence-electron chi connectivity index (χ4n) is 2.64. The van der Waals surface area contributed by atoms with Gasteiger partial charge in [0.05, 0.1) is 26.5 Å². The topological polar surface area (TPSA) is 65.3 Å². The summed E-state index contributed by atoms with van der Waals surface area (Å²) in [5, 5.41) is 12.1. The molecule has 0 N–H and O–H groups in total. The highest BCUT2D eigenvalue weighted by atomic mass is 16.5. The minimum absolute atomic E-state index is 0.608. The number of hydrogen-bond donors (Lipinski definition) is 0. The summed E-state index contributed by atoms with van der Waals surface area (Å²) in [5.41, 5.74) is 2.02. The van der Waals surface area contributed by atoms with E-state index in [1.54, 1.807) is 18.9 Å². The van der Waals surface area contributed by atoms with Crippen molar-refractivity contribution in [1.29, 1.82) is 0 Å². The van der Waals surface area contributed by atoms with Crippen molar-refractivity contribution < 1.29 is 9.47 Å². The first kappa shape index (κ1) is 16.9. The lowest BCUT2D eigenvalue weighted by atomic mass is 10.2. The molecule has 0 unspecified atom stereocenters. The fourth-order valence-corrected chi connectivity index (χ4v) is 2.64. The van der Waals surface area contributed by atoms with Crippen LogP contribution in [0.4, 0.5) is 0 Å². The smallest absolute Gasteiger partial charge is 0.170 e. The van der Waals surface area contributed by atoms with E-state index in [9.17, 15) is 0 Å². The molecule has 1 aromatic heterocycles. The van der Waals surface area contributed by atoms with Gasteiger partial charge in [0.2, 0.25) is 0 Å². The Morgan fingerprint density at radius 1 is 1.00 bits per heavy atom. The van der Waals surface area contributed by atoms with Crippen molar-refractivity contribution in [3.8, 4) is 17.2 Å². The Morgan fingerprint density at radius 3 is 2.52 bits per heavy atom. The third-order valence-corrected chi connectivity index (χ3v) is 3.88. The van der Waals surface area contributed by atoms with Crippen LogP contribution in [0.3, 0.4) is 0 Å². The second kappa shape index (κ2) is 7.76. The normalized spacial score (nSPS) is 10.9. The van der Waals surface area contributed by atoms with Crippen LogP contribution in [-0.4, -0.2) is 46.4 Å². The first-order valence-corrected chi connectivity index (χ1v) is 7.93. The maximum atomic E-state index is 5.46. The molecule has 0 amide bonds. The van der Waals surface area contributed by atoms with Crippen LogP contribution in [0.1, 0.15) is 11.4 Å². The lowest BCUT2D eigenvalue weighted by molar-refractivity contribution is 0.299. The molecule has 0 atom stereocenters. The third kappa shape index (κ3) is 3.95. The number of tetrazole rings is 1. The molecule has 0 bridgehead atoms. The Kier molecular flexibility index (Phi) is 5.25. The van der Waals surface area contributed by atoms with E-state index in [2.05, 4.69) is 20.4 Å². The standard InChI is InChI=1S/C18H21N5O2/c1-22(12-14-9-10-16(24-2)11-17(14)25-3)13-18-19-20-21-23(18)15-7-5-4-6-8-15/h4-11H,12-13H2,1-3H3. The summed E-state index contributed by atoms with van der Waals surface area (Å²) in [7, 11) is 5.33. The van der Waals surface area contributed by atoms with Crippen molar-refractivity contribution in [2.75, 3.05) is 21.3 Å². The van der Waals surface area contributed by atoms with Gasteiger partial charge in [-0.25, -0.2) is 0 Å². The summed E-state index contributed by atoms with van der Waals surface area (Å²) in [5.74, 6) is 2.35. The zero-order chi connectivity index (χ0) is 17.6. The molecule has 0 aliphatic rings. The van der Waals surface area contributed by atoms with Crippen LogP contribution in [0.15, 0.2) is 48.5 Å². The van der Waals surface area contributed by atoms with Crippen molar-refractivity contribution in [1.82, 2.24) is 25.1 Å². The van der Waals surface area contributed by atoms with Crippen LogP contribution in [0.25, 0.3) is 5.69 Å². The zero-order valence-electron chi connectivity index (χ0n) is 14.6. The van der Waals surface area contributed by atoms with E-state index < -0.39 is 0 Å². The van der Waals surface area contributed by atoms with Gasteiger partial charge in [-0.3, -0.25) is 4.90 Å². The van der Waals surface area contributed by atoms with Crippen LogP contribution in [0, 0.1) is 0 Å². The van der Waals surface area contributed by atoms with Gasteiger partial charge < -0.3 is 9.47 Å². The molecular formula is C18H21N5O2. The zero-order valence-corrected chi connectivity index (χ0v) is 14.6. The SMILES string of the molecule is COc1ccc(CN(C)Cc2nnnn2-c2ccccc2)c(OC)c1. The summed E-state index contributed by atoms with van der Waals surface area (Å²) in [4.78, 5) is 2.13. The van der Waals surface area contributed by atoms with Crippen molar-refractivity contribution in [3.63, 3.8) is 0 Å². The van der Waals surface area contributed by atoms with Gasteiger partial charge in [0.25, 0.3) is 0 Å². The number of para-hydroxylation sites is 1. The number of hydrogen-bond acceptors (Lipinski definition) is 6. The quantitative estimate of drug-likeness (QED) is 0.658. The molecule has 0 spiro atoms.